The lowest BCUT2D eigenvalue weighted by Gasteiger charge is -2.20. The van der Waals surface area contributed by atoms with E-state index in [9.17, 15) is 14.7 Å². The van der Waals surface area contributed by atoms with Gasteiger partial charge in [0.1, 0.15) is 6.04 Å². The van der Waals surface area contributed by atoms with Crippen molar-refractivity contribution >= 4 is 11.9 Å². The molecule has 3 N–H and O–H groups in total. The Hall–Kier alpha value is -1.89. The summed E-state index contributed by atoms with van der Waals surface area (Å²) >= 11 is 0. The lowest BCUT2D eigenvalue weighted by atomic mass is 10.2. The molecule has 1 aromatic rings. The van der Waals surface area contributed by atoms with E-state index in [1.807, 2.05) is 0 Å². The van der Waals surface area contributed by atoms with Gasteiger partial charge in [-0.25, -0.2) is 4.79 Å². The second-order valence-electron chi connectivity index (χ2n) is 4.05. The number of nitrogens with one attached hydrogen (secondary N) is 1. The number of carbonyl (C=O) groups is 2. The molecular formula is C10H13N3O4. The maximum Gasteiger partial charge on any atom is 0.326 e. The Balaban J connectivity index is 2.05. The number of aliphatic hydroxyl groups is 1. The highest BCUT2D eigenvalue weighted by Crippen LogP contribution is 2.19. The van der Waals surface area contributed by atoms with Crippen LogP contribution in [0.15, 0.2) is 12.3 Å². The van der Waals surface area contributed by atoms with Gasteiger partial charge in [0.2, 0.25) is 5.91 Å². The summed E-state index contributed by atoms with van der Waals surface area (Å²) in [6, 6.07) is 0.723. The van der Waals surface area contributed by atoms with Gasteiger partial charge >= 0.3 is 5.97 Å². The Kier molecular flexibility index (Phi) is 3.10. The van der Waals surface area contributed by atoms with Crippen molar-refractivity contribution in [3.05, 3.63) is 18.0 Å². The molecule has 0 saturated carbocycles. The molecule has 0 spiro atoms. The zero-order chi connectivity index (χ0) is 12.4. The highest BCUT2D eigenvalue weighted by atomic mass is 16.4. The second kappa shape index (κ2) is 4.54. The van der Waals surface area contributed by atoms with Crippen molar-refractivity contribution in [1.29, 1.82) is 0 Å². The summed E-state index contributed by atoms with van der Waals surface area (Å²) in [6.45, 7) is 0.0734. The van der Waals surface area contributed by atoms with Crippen molar-refractivity contribution in [2.24, 2.45) is 0 Å². The number of carboxylic acid groups (broad SMARTS) is 1. The zero-order valence-corrected chi connectivity index (χ0v) is 9.04. The van der Waals surface area contributed by atoms with Crippen molar-refractivity contribution in [2.45, 2.75) is 25.0 Å². The Labute approximate surface area is 97.0 Å². The molecule has 7 nitrogen and oxygen atoms in total. The van der Waals surface area contributed by atoms with E-state index < -0.39 is 18.1 Å². The molecule has 7 heteroatoms. The maximum atomic E-state index is 11.9. The first kappa shape index (κ1) is 11.6. The van der Waals surface area contributed by atoms with Crippen LogP contribution in [0.3, 0.4) is 0 Å². The van der Waals surface area contributed by atoms with Gasteiger partial charge in [-0.05, 0) is 6.07 Å². The lowest BCUT2D eigenvalue weighted by molar-refractivity contribution is -0.148. The monoisotopic (exact) mass is 239 g/mol. The molecule has 2 heterocycles. The fourth-order valence-electron chi connectivity index (χ4n) is 1.97. The Morgan fingerprint density at radius 3 is 2.94 bits per heavy atom. The normalized spacial score (nSPS) is 23.9. The number of H-pyrrole nitrogens is 1. The molecule has 2 atom stereocenters. The van der Waals surface area contributed by atoms with Crippen LogP contribution in [0, 0.1) is 0 Å². The highest BCUT2D eigenvalue weighted by Gasteiger charge is 2.38. The van der Waals surface area contributed by atoms with Crippen molar-refractivity contribution < 1.29 is 19.8 Å². The largest absolute Gasteiger partial charge is 0.480 e. The molecular weight excluding hydrogens is 226 g/mol. The number of hydrogen-bond donors (Lipinski definition) is 3. The van der Waals surface area contributed by atoms with Gasteiger partial charge in [0.15, 0.2) is 0 Å². The van der Waals surface area contributed by atoms with Crippen molar-refractivity contribution in [1.82, 2.24) is 15.1 Å². The van der Waals surface area contributed by atoms with Gasteiger partial charge in [-0.1, -0.05) is 0 Å². The molecule has 1 aliphatic heterocycles. The minimum Gasteiger partial charge on any atom is -0.480 e. The van der Waals surface area contributed by atoms with Gasteiger partial charge in [-0.2, -0.15) is 5.10 Å². The summed E-state index contributed by atoms with van der Waals surface area (Å²) < 4.78 is 0. The smallest absolute Gasteiger partial charge is 0.326 e. The summed E-state index contributed by atoms with van der Waals surface area (Å²) in [5.74, 6) is -1.40. The topological polar surface area (TPSA) is 107 Å². The summed E-state index contributed by atoms with van der Waals surface area (Å²) in [4.78, 5) is 24.0. The number of carbonyl (C=O) groups excluding carboxylic acids is 1. The number of aliphatic carboxylic acids is 1. The molecule has 0 aliphatic carbocycles. The average Bonchev–Trinajstić information content (AvgIpc) is 2.86. The summed E-state index contributed by atoms with van der Waals surface area (Å²) in [7, 11) is 0. The van der Waals surface area contributed by atoms with Gasteiger partial charge < -0.3 is 15.1 Å². The molecule has 1 aliphatic rings. The SMILES string of the molecule is O=C(O)[C@@H]1C[C@@H](O)CN1C(=O)Cc1ccn[nH]1. The lowest BCUT2D eigenvalue weighted by Crippen LogP contribution is -2.41. The van der Waals surface area contributed by atoms with Crippen LogP contribution in [-0.4, -0.2) is 55.9 Å². The number of rotatable bonds is 3. The van der Waals surface area contributed by atoms with Crippen LogP contribution in [-0.2, 0) is 16.0 Å². The quantitative estimate of drug-likeness (QED) is 0.627. The standard InChI is InChI=1S/C10H13N3O4/c14-7-4-8(10(16)17)13(5-7)9(15)3-6-1-2-11-12-6/h1-2,7-8,14H,3-5H2,(H,11,12)(H,16,17)/t7-,8+/m1/s1. The molecule has 1 fully saturated rings. The zero-order valence-electron chi connectivity index (χ0n) is 9.04. The molecule has 1 amide bonds. The molecule has 0 unspecified atom stereocenters. The van der Waals surface area contributed by atoms with Crippen LogP contribution >= 0.6 is 0 Å². The third-order valence-electron chi connectivity index (χ3n) is 2.78. The van der Waals surface area contributed by atoms with E-state index in [-0.39, 0.29) is 25.3 Å². The molecule has 0 bridgehead atoms. The first-order chi connectivity index (χ1) is 8.08. The van der Waals surface area contributed by atoms with Gasteiger partial charge in [0.25, 0.3) is 0 Å². The second-order valence-corrected chi connectivity index (χ2v) is 4.05. The minimum absolute atomic E-state index is 0.0660. The predicted octanol–water partition coefficient (Wildman–Crippen LogP) is -1.00. The van der Waals surface area contributed by atoms with Crippen molar-refractivity contribution in [3.8, 4) is 0 Å². The number of likely N-dealkylation sites (tertiary alicyclic amines) is 1. The van der Waals surface area contributed by atoms with E-state index in [0.29, 0.717) is 5.69 Å². The summed E-state index contributed by atoms with van der Waals surface area (Å²) in [5.41, 5.74) is 0.625. The van der Waals surface area contributed by atoms with E-state index in [0.717, 1.165) is 0 Å². The molecule has 17 heavy (non-hydrogen) atoms. The van der Waals surface area contributed by atoms with Gasteiger partial charge in [0, 0.05) is 24.9 Å². The number of aromatic nitrogens is 2. The Bertz CT molecular complexity index is 417. The average molecular weight is 239 g/mol. The van der Waals surface area contributed by atoms with E-state index in [1.165, 1.54) is 11.1 Å². The van der Waals surface area contributed by atoms with Crippen LogP contribution in [0.25, 0.3) is 0 Å². The van der Waals surface area contributed by atoms with Gasteiger partial charge in [-0.3, -0.25) is 9.89 Å². The highest BCUT2D eigenvalue weighted by molar-refractivity contribution is 5.85. The van der Waals surface area contributed by atoms with E-state index in [1.54, 1.807) is 6.07 Å². The van der Waals surface area contributed by atoms with Gasteiger partial charge in [0.05, 0.1) is 12.5 Å². The van der Waals surface area contributed by atoms with Crippen molar-refractivity contribution in [2.75, 3.05) is 6.54 Å². The first-order valence-electron chi connectivity index (χ1n) is 5.26. The van der Waals surface area contributed by atoms with Crippen molar-refractivity contribution in [3.63, 3.8) is 0 Å². The van der Waals surface area contributed by atoms with E-state index >= 15 is 0 Å². The molecule has 0 radical (unpaired) electrons. The molecule has 1 aromatic heterocycles. The summed E-state index contributed by atoms with van der Waals surface area (Å²) in [5, 5.41) is 24.7. The third kappa shape index (κ3) is 2.44. The Morgan fingerprint density at radius 1 is 1.59 bits per heavy atom. The number of aromatic amines is 1. The fourth-order valence-corrected chi connectivity index (χ4v) is 1.97. The molecule has 0 aromatic carbocycles. The summed E-state index contributed by atoms with van der Waals surface area (Å²) in [6.07, 6.45) is 0.915. The van der Waals surface area contributed by atoms with E-state index in [4.69, 9.17) is 5.11 Å². The van der Waals surface area contributed by atoms with Crippen LogP contribution in [0.2, 0.25) is 0 Å². The number of amides is 1. The number of β-amino-alcohol motifs (C(OH)–C–C–N with tert-alkyl or cyclic N) is 1. The predicted molar refractivity (Wildman–Crippen MR) is 56.1 cm³/mol. The van der Waals surface area contributed by atoms with Crippen LogP contribution in [0.1, 0.15) is 12.1 Å². The minimum atomic E-state index is -1.08. The number of carboxylic acids is 1. The molecule has 92 valence electrons. The first-order valence-corrected chi connectivity index (χ1v) is 5.26. The molecule has 2 rings (SSSR count). The van der Waals surface area contributed by atoms with Crippen LogP contribution in [0.4, 0.5) is 0 Å². The van der Waals surface area contributed by atoms with E-state index in [2.05, 4.69) is 10.2 Å². The third-order valence-corrected chi connectivity index (χ3v) is 2.78. The number of aliphatic hydroxyl groups excluding tert-OH is 1. The Morgan fingerprint density at radius 2 is 2.35 bits per heavy atom. The fraction of sp³-hybridized carbons (Fsp3) is 0.500. The number of hydrogen-bond acceptors (Lipinski definition) is 4. The molecule has 1 saturated heterocycles. The van der Waals surface area contributed by atoms with Gasteiger partial charge in [-0.15, -0.1) is 0 Å². The number of nitrogens with zero attached hydrogens (tertiary/aromatic N) is 2. The van der Waals surface area contributed by atoms with Crippen LogP contribution < -0.4 is 0 Å². The maximum absolute atomic E-state index is 11.9. The van der Waals surface area contributed by atoms with Crippen LogP contribution in [0.5, 0.6) is 0 Å².